The van der Waals surface area contributed by atoms with Crippen molar-refractivity contribution in [3.63, 3.8) is 0 Å². The Morgan fingerprint density at radius 1 is 1.37 bits per heavy atom. The molecule has 0 radical (unpaired) electrons. The Morgan fingerprint density at radius 3 is 2.74 bits per heavy atom. The van der Waals surface area contributed by atoms with E-state index in [-0.39, 0.29) is 23.6 Å². The summed E-state index contributed by atoms with van der Waals surface area (Å²) in [6, 6.07) is 4.84. The van der Waals surface area contributed by atoms with Gasteiger partial charge in [0.25, 0.3) is 5.91 Å². The number of carbonyl (C=O) groups is 2. The zero-order valence-electron chi connectivity index (χ0n) is 11.1. The van der Waals surface area contributed by atoms with Gasteiger partial charge in [-0.3, -0.25) is 9.59 Å². The summed E-state index contributed by atoms with van der Waals surface area (Å²) in [5, 5.41) is 8.35. The summed E-state index contributed by atoms with van der Waals surface area (Å²) in [6.45, 7) is 1.66. The first-order valence-corrected chi connectivity index (χ1v) is 6.36. The number of rotatable bonds is 5. The Bertz CT molecular complexity index is 485. The first kappa shape index (κ1) is 13.3. The van der Waals surface area contributed by atoms with Gasteiger partial charge in [0.15, 0.2) is 0 Å². The molecule has 1 unspecified atom stereocenters. The van der Waals surface area contributed by atoms with E-state index in [0.717, 1.165) is 12.8 Å². The monoisotopic (exact) mass is 262 g/mol. The van der Waals surface area contributed by atoms with E-state index in [0.29, 0.717) is 5.82 Å². The highest BCUT2D eigenvalue weighted by atomic mass is 16.2. The van der Waals surface area contributed by atoms with Crippen molar-refractivity contribution >= 4 is 17.6 Å². The van der Waals surface area contributed by atoms with Gasteiger partial charge in [0.1, 0.15) is 17.6 Å². The van der Waals surface area contributed by atoms with E-state index in [1.165, 1.54) is 0 Å². The van der Waals surface area contributed by atoms with Crippen molar-refractivity contribution in [2.45, 2.75) is 31.8 Å². The van der Waals surface area contributed by atoms with Gasteiger partial charge in [0.2, 0.25) is 5.91 Å². The SMILES string of the molecule is CNc1cccc(C(=O)NC(C)C(=O)NC2CC2)n1. The van der Waals surface area contributed by atoms with E-state index in [4.69, 9.17) is 0 Å². The smallest absolute Gasteiger partial charge is 0.270 e. The third-order valence-corrected chi connectivity index (χ3v) is 2.90. The molecule has 6 nitrogen and oxygen atoms in total. The van der Waals surface area contributed by atoms with Gasteiger partial charge in [-0.1, -0.05) is 6.07 Å². The van der Waals surface area contributed by atoms with E-state index in [1.54, 1.807) is 32.2 Å². The van der Waals surface area contributed by atoms with Gasteiger partial charge in [0.05, 0.1) is 0 Å². The van der Waals surface area contributed by atoms with Crippen LogP contribution >= 0.6 is 0 Å². The molecule has 1 atom stereocenters. The van der Waals surface area contributed by atoms with Crippen molar-refractivity contribution < 1.29 is 9.59 Å². The fourth-order valence-corrected chi connectivity index (χ4v) is 1.59. The lowest BCUT2D eigenvalue weighted by Gasteiger charge is -2.13. The quantitative estimate of drug-likeness (QED) is 0.722. The topological polar surface area (TPSA) is 83.1 Å². The van der Waals surface area contributed by atoms with Crippen LogP contribution in [0.4, 0.5) is 5.82 Å². The van der Waals surface area contributed by atoms with Crippen LogP contribution in [-0.4, -0.2) is 35.9 Å². The van der Waals surface area contributed by atoms with E-state index < -0.39 is 6.04 Å². The van der Waals surface area contributed by atoms with E-state index in [9.17, 15) is 9.59 Å². The van der Waals surface area contributed by atoms with Gasteiger partial charge in [-0.15, -0.1) is 0 Å². The molecule has 102 valence electrons. The van der Waals surface area contributed by atoms with Crippen LogP contribution in [0.5, 0.6) is 0 Å². The molecular weight excluding hydrogens is 244 g/mol. The Balaban J connectivity index is 1.93. The minimum atomic E-state index is -0.562. The second-order valence-corrected chi connectivity index (χ2v) is 4.64. The number of nitrogens with zero attached hydrogens (tertiary/aromatic N) is 1. The maximum atomic E-state index is 11.9. The molecule has 0 spiro atoms. The summed E-state index contributed by atoms with van der Waals surface area (Å²) >= 11 is 0. The van der Waals surface area contributed by atoms with Crippen LogP contribution in [0.1, 0.15) is 30.3 Å². The first-order valence-electron chi connectivity index (χ1n) is 6.36. The average Bonchev–Trinajstić information content (AvgIpc) is 3.22. The van der Waals surface area contributed by atoms with E-state index >= 15 is 0 Å². The maximum absolute atomic E-state index is 11.9. The van der Waals surface area contributed by atoms with Gasteiger partial charge >= 0.3 is 0 Å². The highest BCUT2D eigenvalue weighted by Crippen LogP contribution is 2.18. The summed E-state index contributed by atoms with van der Waals surface area (Å²) in [5.41, 5.74) is 0.290. The molecule has 1 aliphatic rings. The lowest BCUT2D eigenvalue weighted by Crippen LogP contribution is -2.45. The molecule has 0 saturated heterocycles. The molecule has 0 aromatic carbocycles. The zero-order chi connectivity index (χ0) is 13.8. The number of amides is 2. The molecule has 6 heteroatoms. The molecule has 1 aromatic heterocycles. The largest absolute Gasteiger partial charge is 0.373 e. The van der Waals surface area contributed by atoms with Gasteiger partial charge in [-0.05, 0) is 31.9 Å². The van der Waals surface area contributed by atoms with Gasteiger partial charge < -0.3 is 16.0 Å². The third-order valence-electron chi connectivity index (χ3n) is 2.90. The molecule has 1 aromatic rings. The van der Waals surface area contributed by atoms with Crippen molar-refractivity contribution in [1.82, 2.24) is 15.6 Å². The fraction of sp³-hybridized carbons (Fsp3) is 0.462. The van der Waals surface area contributed by atoms with Crippen LogP contribution in [0.25, 0.3) is 0 Å². The Hall–Kier alpha value is -2.11. The molecule has 0 bridgehead atoms. The van der Waals surface area contributed by atoms with Crippen LogP contribution in [-0.2, 0) is 4.79 Å². The summed E-state index contributed by atoms with van der Waals surface area (Å²) < 4.78 is 0. The van der Waals surface area contributed by atoms with Gasteiger partial charge in [-0.2, -0.15) is 0 Å². The van der Waals surface area contributed by atoms with Crippen molar-refractivity contribution in [2.24, 2.45) is 0 Å². The maximum Gasteiger partial charge on any atom is 0.270 e. The number of hydrogen-bond acceptors (Lipinski definition) is 4. The molecule has 19 heavy (non-hydrogen) atoms. The molecule has 0 aliphatic heterocycles. The van der Waals surface area contributed by atoms with Crippen LogP contribution in [0.15, 0.2) is 18.2 Å². The average molecular weight is 262 g/mol. The number of aromatic nitrogens is 1. The van der Waals surface area contributed by atoms with Crippen LogP contribution in [0.2, 0.25) is 0 Å². The summed E-state index contributed by atoms with van der Waals surface area (Å²) in [7, 11) is 1.73. The number of nitrogens with one attached hydrogen (secondary N) is 3. The lowest BCUT2D eigenvalue weighted by molar-refractivity contribution is -0.122. The Kier molecular flexibility index (Phi) is 3.99. The molecule has 1 aliphatic carbocycles. The van der Waals surface area contributed by atoms with E-state index in [2.05, 4.69) is 20.9 Å². The highest BCUT2D eigenvalue weighted by Gasteiger charge is 2.26. The molecule has 3 N–H and O–H groups in total. The Labute approximate surface area is 112 Å². The van der Waals surface area contributed by atoms with E-state index in [1.807, 2.05) is 0 Å². The van der Waals surface area contributed by atoms with Crippen molar-refractivity contribution in [1.29, 1.82) is 0 Å². The molecule has 1 saturated carbocycles. The summed E-state index contributed by atoms with van der Waals surface area (Å²) in [4.78, 5) is 27.8. The second-order valence-electron chi connectivity index (χ2n) is 4.64. The number of anilines is 1. The van der Waals surface area contributed by atoms with Crippen molar-refractivity contribution in [3.8, 4) is 0 Å². The number of hydrogen-bond donors (Lipinski definition) is 3. The predicted molar refractivity (Wildman–Crippen MR) is 71.9 cm³/mol. The van der Waals surface area contributed by atoms with Crippen LogP contribution < -0.4 is 16.0 Å². The van der Waals surface area contributed by atoms with Gasteiger partial charge in [0, 0.05) is 13.1 Å². The van der Waals surface area contributed by atoms with Gasteiger partial charge in [-0.25, -0.2) is 4.98 Å². The number of carbonyl (C=O) groups excluding carboxylic acids is 2. The summed E-state index contributed by atoms with van der Waals surface area (Å²) in [6.07, 6.45) is 2.05. The highest BCUT2D eigenvalue weighted by molar-refractivity contribution is 5.96. The second kappa shape index (κ2) is 5.69. The Morgan fingerprint density at radius 2 is 2.11 bits per heavy atom. The van der Waals surface area contributed by atoms with Crippen molar-refractivity contribution in [2.75, 3.05) is 12.4 Å². The summed E-state index contributed by atoms with van der Waals surface area (Å²) in [5.74, 6) is 0.110. The zero-order valence-corrected chi connectivity index (χ0v) is 11.1. The van der Waals surface area contributed by atoms with Crippen LogP contribution in [0.3, 0.4) is 0 Å². The standard InChI is InChI=1S/C13H18N4O2/c1-8(12(18)16-9-6-7-9)15-13(19)10-4-3-5-11(14-2)17-10/h3-5,8-9H,6-7H2,1-2H3,(H,14,17)(H,15,19)(H,16,18). The van der Waals surface area contributed by atoms with Crippen molar-refractivity contribution in [3.05, 3.63) is 23.9 Å². The predicted octanol–water partition coefficient (Wildman–Crippen LogP) is 0.520. The minimum Gasteiger partial charge on any atom is -0.373 e. The first-order chi connectivity index (χ1) is 9.10. The molecule has 1 heterocycles. The lowest BCUT2D eigenvalue weighted by atomic mass is 10.2. The fourth-order valence-electron chi connectivity index (χ4n) is 1.59. The molecule has 2 amide bonds. The normalized spacial score (nSPS) is 15.5. The van der Waals surface area contributed by atoms with Crippen LogP contribution in [0, 0.1) is 0 Å². The molecule has 2 rings (SSSR count). The third kappa shape index (κ3) is 3.67. The molecule has 1 fully saturated rings. The number of pyridine rings is 1. The minimum absolute atomic E-state index is 0.152. The molecular formula is C13H18N4O2.